The number of methoxy groups -OCH3 is 3. The number of aromatic nitrogens is 3. The van der Waals surface area contributed by atoms with Crippen LogP contribution in [0.3, 0.4) is 0 Å². The molecule has 150 valence electrons. The minimum Gasteiger partial charge on any atom is -0.497 e. The van der Waals surface area contributed by atoms with Crippen molar-refractivity contribution in [1.29, 1.82) is 0 Å². The molecule has 0 aliphatic rings. The summed E-state index contributed by atoms with van der Waals surface area (Å²) < 4.78 is 18.2. The van der Waals surface area contributed by atoms with Gasteiger partial charge in [-0.2, -0.15) is 0 Å². The van der Waals surface area contributed by atoms with Crippen LogP contribution in [0, 0.1) is 0 Å². The van der Waals surface area contributed by atoms with Gasteiger partial charge < -0.3 is 19.5 Å². The number of rotatable bonds is 7. The lowest BCUT2D eigenvalue weighted by Gasteiger charge is -2.14. The van der Waals surface area contributed by atoms with Crippen LogP contribution in [0.25, 0.3) is 16.6 Å². The number of benzene rings is 2. The van der Waals surface area contributed by atoms with E-state index in [9.17, 15) is 0 Å². The van der Waals surface area contributed by atoms with Crippen molar-refractivity contribution in [2.24, 2.45) is 0 Å². The first-order valence-corrected chi connectivity index (χ1v) is 9.57. The average Bonchev–Trinajstić information content (AvgIpc) is 3.22. The highest BCUT2D eigenvalue weighted by molar-refractivity contribution is 6.17. The lowest BCUT2D eigenvalue weighted by molar-refractivity contribution is 0.391. The van der Waals surface area contributed by atoms with Gasteiger partial charge in [-0.25, -0.2) is 9.97 Å². The molecule has 4 rings (SSSR count). The molecule has 8 heteroatoms. The Morgan fingerprint density at radius 2 is 1.83 bits per heavy atom. The number of ether oxygens (including phenoxy) is 3. The fourth-order valence-electron chi connectivity index (χ4n) is 3.28. The van der Waals surface area contributed by atoms with Crippen molar-refractivity contribution in [2.75, 3.05) is 26.6 Å². The Labute approximate surface area is 173 Å². The molecular weight excluding hydrogens is 392 g/mol. The molecule has 2 aromatic carbocycles. The van der Waals surface area contributed by atoms with E-state index in [2.05, 4.69) is 10.3 Å². The molecule has 0 atom stereocenters. The van der Waals surface area contributed by atoms with Gasteiger partial charge in [0.25, 0.3) is 0 Å². The molecule has 7 nitrogen and oxygen atoms in total. The number of hydrogen-bond acceptors (Lipinski definition) is 6. The first-order chi connectivity index (χ1) is 14.2. The monoisotopic (exact) mass is 412 g/mol. The summed E-state index contributed by atoms with van der Waals surface area (Å²) in [5, 5.41) is 4.29. The summed E-state index contributed by atoms with van der Waals surface area (Å²) in [6.07, 6.45) is 1.89. The van der Waals surface area contributed by atoms with Crippen LogP contribution in [0.15, 0.2) is 42.6 Å². The third-order valence-electron chi connectivity index (χ3n) is 4.73. The Hall–Kier alpha value is -3.19. The Bertz CT molecular complexity index is 1180. The lowest BCUT2D eigenvalue weighted by atomic mass is 10.2. The topological polar surface area (TPSA) is 69.9 Å². The summed E-state index contributed by atoms with van der Waals surface area (Å²) >= 11 is 6.03. The van der Waals surface area contributed by atoms with Crippen LogP contribution in [0.5, 0.6) is 17.2 Å². The van der Waals surface area contributed by atoms with Gasteiger partial charge in [-0.3, -0.25) is 4.40 Å². The fraction of sp³-hybridized carbons (Fsp3) is 0.238. The van der Waals surface area contributed by atoms with Gasteiger partial charge in [0.2, 0.25) is 5.95 Å². The number of anilines is 1. The smallest absolute Gasteiger partial charge is 0.209 e. The van der Waals surface area contributed by atoms with Crippen LogP contribution in [-0.4, -0.2) is 35.7 Å². The maximum atomic E-state index is 6.03. The molecule has 0 aliphatic carbocycles. The summed E-state index contributed by atoms with van der Waals surface area (Å²) in [5.74, 6) is 3.12. The van der Waals surface area contributed by atoms with Gasteiger partial charge in [0, 0.05) is 29.8 Å². The number of nitrogens with zero attached hydrogens (tertiary/aromatic N) is 3. The third kappa shape index (κ3) is 3.49. The molecule has 0 unspecified atom stereocenters. The van der Waals surface area contributed by atoms with Crippen LogP contribution in [0.1, 0.15) is 11.3 Å². The molecule has 0 saturated carbocycles. The SMILES string of the molecule is COc1ccc(CNc2nc3c(OC)cccc3c3nc(CCl)cn23)c(OC)c1. The minimum absolute atomic E-state index is 0.318. The van der Waals surface area contributed by atoms with Crippen molar-refractivity contribution < 1.29 is 14.2 Å². The molecule has 0 radical (unpaired) electrons. The first kappa shape index (κ1) is 19.1. The highest BCUT2D eigenvalue weighted by atomic mass is 35.5. The fourth-order valence-corrected chi connectivity index (χ4v) is 3.41. The maximum absolute atomic E-state index is 6.03. The largest absolute Gasteiger partial charge is 0.497 e. The van der Waals surface area contributed by atoms with Crippen molar-refractivity contribution in [3.8, 4) is 17.2 Å². The summed E-state index contributed by atoms with van der Waals surface area (Å²) in [6, 6.07) is 11.5. The van der Waals surface area contributed by atoms with Crippen molar-refractivity contribution in [2.45, 2.75) is 12.4 Å². The first-order valence-electron chi connectivity index (χ1n) is 9.04. The van der Waals surface area contributed by atoms with E-state index in [1.165, 1.54) is 0 Å². The quantitative estimate of drug-likeness (QED) is 0.457. The summed E-state index contributed by atoms with van der Waals surface area (Å²) in [5.41, 5.74) is 3.25. The molecular formula is C21H21ClN4O3. The highest BCUT2D eigenvalue weighted by Gasteiger charge is 2.15. The van der Waals surface area contributed by atoms with Gasteiger partial charge in [0.15, 0.2) is 0 Å². The highest BCUT2D eigenvalue weighted by Crippen LogP contribution is 2.30. The third-order valence-corrected chi connectivity index (χ3v) is 5.00. The normalized spacial score (nSPS) is 11.0. The van der Waals surface area contributed by atoms with Gasteiger partial charge in [-0.05, 0) is 24.3 Å². The van der Waals surface area contributed by atoms with Crippen LogP contribution in [0.2, 0.25) is 0 Å². The minimum atomic E-state index is 0.318. The lowest BCUT2D eigenvalue weighted by Crippen LogP contribution is -2.08. The zero-order chi connectivity index (χ0) is 20.4. The maximum Gasteiger partial charge on any atom is 0.209 e. The van der Waals surface area contributed by atoms with E-state index < -0.39 is 0 Å². The number of hydrogen-bond donors (Lipinski definition) is 1. The van der Waals surface area contributed by atoms with E-state index >= 15 is 0 Å². The average molecular weight is 413 g/mol. The predicted octanol–water partition coefficient (Wildman–Crippen LogP) is 4.26. The van der Waals surface area contributed by atoms with E-state index in [0.717, 1.165) is 39.3 Å². The van der Waals surface area contributed by atoms with E-state index in [4.69, 9.17) is 30.8 Å². The molecule has 0 saturated heterocycles. The van der Waals surface area contributed by atoms with Crippen molar-refractivity contribution in [1.82, 2.24) is 14.4 Å². The number of alkyl halides is 1. The van der Waals surface area contributed by atoms with E-state index in [-0.39, 0.29) is 0 Å². The van der Waals surface area contributed by atoms with E-state index in [1.54, 1.807) is 21.3 Å². The number of fused-ring (bicyclic) bond motifs is 3. The summed E-state index contributed by atoms with van der Waals surface area (Å²) in [6.45, 7) is 0.504. The molecule has 0 fully saturated rings. The van der Waals surface area contributed by atoms with Crippen LogP contribution in [0.4, 0.5) is 5.95 Å². The summed E-state index contributed by atoms with van der Waals surface area (Å²) in [7, 11) is 4.90. The molecule has 29 heavy (non-hydrogen) atoms. The molecule has 0 spiro atoms. The second-order valence-electron chi connectivity index (χ2n) is 6.38. The molecule has 4 aromatic rings. The molecule has 2 aromatic heterocycles. The van der Waals surface area contributed by atoms with Crippen molar-refractivity contribution >= 4 is 34.1 Å². The predicted molar refractivity (Wildman–Crippen MR) is 113 cm³/mol. The zero-order valence-corrected chi connectivity index (χ0v) is 17.2. The van der Waals surface area contributed by atoms with Gasteiger partial charge in [-0.15, -0.1) is 11.6 Å². The molecule has 1 N–H and O–H groups in total. The van der Waals surface area contributed by atoms with Crippen LogP contribution >= 0.6 is 11.6 Å². The summed E-state index contributed by atoms with van der Waals surface area (Å²) in [4.78, 5) is 9.47. The molecule has 0 bridgehead atoms. The Morgan fingerprint density at radius 3 is 2.55 bits per heavy atom. The Kier molecular flexibility index (Phi) is 5.31. The van der Waals surface area contributed by atoms with Gasteiger partial charge in [0.05, 0.1) is 32.9 Å². The number of halogens is 1. The molecule has 0 aliphatic heterocycles. The number of para-hydroxylation sites is 1. The van der Waals surface area contributed by atoms with Crippen LogP contribution in [-0.2, 0) is 12.4 Å². The zero-order valence-electron chi connectivity index (χ0n) is 16.4. The van der Waals surface area contributed by atoms with Crippen molar-refractivity contribution in [3.63, 3.8) is 0 Å². The molecule has 2 heterocycles. The molecule has 0 amide bonds. The number of imidazole rings is 1. The second kappa shape index (κ2) is 8.05. The van der Waals surface area contributed by atoms with E-state index in [0.29, 0.717) is 24.1 Å². The number of nitrogens with one attached hydrogen (secondary N) is 1. The van der Waals surface area contributed by atoms with Crippen molar-refractivity contribution in [3.05, 3.63) is 53.9 Å². The van der Waals surface area contributed by atoms with Gasteiger partial charge in [0.1, 0.15) is 28.4 Å². The second-order valence-corrected chi connectivity index (χ2v) is 6.65. The Balaban J connectivity index is 1.79. The van der Waals surface area contributed by atoms with Gasteiger partial charge in [-0.1, -0.05) is 6.07 Å². The standard InChI is InChI=1S/C21H21ClN4O3/c1-27-15-8-7-13(18(9-15)29-3)11-23-21-25-19-16(5-4-6-17(19)28-2)20-24-14(10-22)12-26(20)21/h4-9,12H,10-11H2,1-3H3,(H,23,25). The van der Waals surface area contributed by atoms with Gasteiger partial charge >= 0.3 is 0 Å². The van der Waals surface area contributed by atoms with E-state index in [1.807, 2.05) is 47.0 Å². The van der Waals surface area contributed by atoms with Crippen LogP contribution < -0.4 is 19.5 Å². The Morgan fingerprint density at radius 1 is 1.00 bits per heavy atom.